The maximum absolute atomic E-state index is 13.5. The van der Waals surface area contributed by atoms with Crippen molar-refractivity contribution in [3.63, 3.8) is 0 Å². The fourth-order valence-corrected chi connectivity index (χ4v) is 2.48. The number of hydrogen-bond donors (Lipinski definition) is 2. The number of para-hydroxylation sites is 1. The van der Waals surface area contributed by atoms with Crippen molar-refractivity contribution in [2.75, 3.05) is 17.2 Å². The number of carbonyl (C=O) groups is 1. The SMILES string of the molecule is Cc1c(F)cccc1NC(=O)C1CNc2ccccc21. The number of rotatable bonds is 2. The van der Waals surface area contributed by atoms with Crippen molar-refractivity contribution in [2.24, 2.45) is 0 Å². The molecular formula is C16H15FN2O. The lowest BCUT2D eigenvalue weighted by molar-refractivity contribution is -0.117. The van der Waals surface area contributed by atoms with Gasteiger partial charge in [-0.05, 0) is 30.7 Å². The van der Waals surface area contributed by atoms with Gasteiger partial charge in [-0.1, -0.05) is 24.3 Å². The van der Waals surface area contributed by atoms with Crippen LogP contribution in [0.4, 0.5) is 15.8 Å². The molecule has 1 unspecified atom stereocenters. The van der Waals surface area contributed by atoms with Crippen LogP contribution in [0.15, 0.2) is 42.5 Å². The third kappa shape index (κ3) is 2.13. The second-order valence-electron chi connectivity index (χ2n) is 4.92. The summed E-state index contributed by atoms with van der Waals surface area (Å²) in [6.45, 7) is 2.23. The van der Waals surface area contributed by atoms with Gasteiger partial charge >= 0.3 is 0 Å². The van der Waals surface area contributed by atoms with Gasteiger partial charge in [-0.2, -0.15) is 0 Å². The number of halogens is 1. The van der Waals surface area contributed by atoms with E-state index in [4.69, 9.17) is 0 Å². The van der Waals surface area contributed by atoms with Crippen LogP contribution < -0.4 is 10.6 Å². The lowest BCUT2D eigenvalue weighted by atomic mass is 10.0. The molecular weight excluding hydrogens is 255 g/mol. The second kappa shape index (κ2) is 4.96. The van der Waals surface area contributed by atoms with E-state index in [0.717, 1.165) is 11.3 Å². The van der Waals surface area contributed by atoms with Gasteiger partial charge in [0.05, 0.1) is 5.92 Å². The number of hydrogen-bond acceptors (Lipinski definition) is 2. The summed E-state index contributed by atoms with van der Waals surface area (Å²) >= 11 is 0. The van der Waals surface area contributed by atoms with E-state index in [1.54, 1.807) is 19.1 Å². The number of fused-ring (bicyclic) bond motifs is 1. The molecule has 102 valence electrons. The summed E-state index contributed by atoms with van der Waals surface area (Å²) in [5, 5.41) is 6.02. The summed E-state index contributed by atoms with van der Waals surface area (Å²) in [4.78, 5) is 12.4. The zero-order valence-corrected chi connectivity index (χ0v) is 11.1. The third-order valence-corrected chi connectivity index (χ3v) is 3.67. The van der Waals surface area contributed by atoms with Crippen molar-refractivity contribution >= 4 is 17.3 Å². The molecule has 3 nitrogen and oxygen atoms in total. The first kappa shape index (κ1) is 12.7. The largest absolute Gasteiger partial charge is 0.384 e. The van der Waals surface area contributed by atoms with E-state index in [2.05, 4.69) is 10.6 Å². The van der Waals surface area contributed by atoms with Crippen LogP contribution in [0.3, 0.4) is 0 Å². The van der Waals surface area contributed by atoms with Crippen molar-refractivity contribution in [2.45, 2.75) is 12.8 Å². The summed E-state index contributed by atoms with van der Waals surface area (Å²) in [5.41, 5.74) is 2.96. The van der Waals surface area contributed by atoms with Crippen molar-refractivity contribution in [1.29, 1.82) is 0 Å². The Morgan fingerprint density at radius 3 is 2.90 bits per heavy atom. The number of amides is 1. The summed E-state index contributed by atoms with van der Waals surface area (Å²) in [7, 11) is 0. The lowest BCUT2D eigenvalue weighted by Gasteiger charge is -2.13. The minimum absolute atomic E-state index is 0.115. The van der Waals surface area contributed by atoms with Gasteiger partial charge in [-0.15, -0.1) is 0 Å². The molecule has 1 aliphatic heterocycles. The Kier molecular flexibility index (Phi) is 3.14. The molecule has 0 fully saturated rings. The first-order valence-corrected chi connectivity index (χ1v) is 6.55. The Hall–Kier alpha value is -2.36. The highest BCUT2D eigenvalue weighted by molar-refractivity contribution is 5.98. The molecule has 0 aliphatic carbocycles. The van der Waals surface area contributed by atoms with Gasteiger partial charge in [0.1, 0.15) is 5.82 Å². The zero-order valence-electron chi connectivity index (χ0n) is 11.1. The van der Waals surface area contributed by atoms with E-state index in [9.17, 15) is 9.18 Å². The van der Waals surface area contributed by atoms with Gasteiger partial charge in [0.15, 0.2) is 0 Å². The van der Waals surface area contributed by atoms with Crippen LogP contribution in [-0.2, 0) is 4.79 Å². The number of carbonyl (C=O) groups excluding carboxylic acids is 1. The third-order valence-electron chi connectivity index (χ3n) is 3.67. The molecule has 2 N–H and O–H groups in total. The Balaban J connectivity index is 1.83. The van der Waals surface area contributed by atoms with E-state index >= 15 is 0 Å². The number of nitrogens with one attached hydrogen (secondary N) is 2. The van der Waals surface area contributed by atoms with E-state index in [-0.39, 0.29) is 17.6 Å². The van der Waals surface area contributed by atoms with Gasteiger partial charge in [0, 0.05) is 23.5 Å². The van der Waals surface area contributed by atoms with Crippen LogP contribution in [0.1, 0.15) is 17.0 Å². The smallest absolute Gasteiger partial charge is 0.233 e. The molecule has 1 atom stereocenters. The van der Waals surface area contributed by atoms with Crippen molar-refractivity contribution < 1.29 is 9.18 Å². The van der Waals surface area contributed by atoms with Crippen LogP contribution in [0.5, 0.6) is 0 Å². The second-order valence-corrected chi connectivity index (χ2v) is 4.92. The highest BCUT2D eigenvalue weighted by atomic mass is 19.1. The predicted molar refractivity (Wildman–Crippen MR) is 77.4 cm³/mol. The molecule has 3 rings (SSSR count). The topological polar surface area (TPSA) is 41.1 Å². The van der Waals surface area contributed by atoms with Gasteiger partial charge in [-0.25, -0.2) is 4.39 Å². The minimum atomic E-state index is -0.312. The monoisotopic (exact) mass is 270 g/mol. The molecule has 0 bridgehead atoms. The predicted octanol–water partition coefficient (Wildman–Crippen LogP) is 3.28. The van der Waals surface area contributed by atoms with Crippen LogP contribution in [0, 0.1) is 12.7 Å². The van der Waals surface area contributed by atoms with Gasteiger partial charge in [0.25, 0.3) is 0 Å². The Morgan fingerprint density at radius 2 is 2.05 bits per heavy atom. The average Bonchev–Trinajstić information content (AvgIpc) is 2.88. The molecule has 2 aromatic carbocycles. The van der Waals surface area contributed by atoms with Crippen molar-refractivity contribution in [3.8, 4) is 0 Å². The molecule has 0 radical (unpaired) electrons. The standard InChI is InChI=1S/C16H15FN2O/c1-10-13(17)6-4-8-14(10)19-16(20)12-9-18-15-7-3-2-5-11(12)15/h2-8,12,18H,9H2,1H3,(H,19,20). The van der Waals surface area contributed by atoms with E-state index < -0.39 is 0 Å². The Bertz CT molecular complexity index is 669. The van der Waals surface area contributed by atoms with E-state index in [0.29, 0.717) is 17.8 Å². The molecule has 0 saturated carbocycles. The van der Waals surface area contributed by atoms with Gasteiger partial charge < -0.3 is 10.6 Å². The van der Waals surface area contributed by atoms with Crippen molar-refractivity contribution in [1.82, 2.24) is 0 Å². The Morgan fingerprint density at radius 1 is 1.25 bits per heavy atom. The molecule has 0 aromatic heterocycles. The fraction of sp³-hybridized carbons (Fsp3) is 0.188. The number of anilines is 2. The number of benzene rings is 2. The van der Waals surface area contributed by atoms with Crippen LogP contribution in [-0.4, -0.2) is 12.5 Å². The summed E-state index contributed by atoms with van der Waals surface area (Å²) in [6, 6.07) is 12.4. The first-order chi connectivity index (χ1) is 9.66. The molecule has 4 heteroatoms. The van der Waals surface area contributed by atoms with Crippen LogP contribution in [0.25, 0.3) is 0 Å². The summed E-state index contributed by atoms with van der Waals surface area (Å²) in [5.74, 6) is -0.669. The lowest BCUT2D eigenvalue weighted by Crippen LogP contribution is -2.23. The molecule has 0 spiro atoms. The van der Waals surface area contributed by atoms with E-state index in [1.807, 2.05) is 24.3 Å². The maximum Gasteiger partial charge on any atom is 0.233 e. The van der Waals surface area contributed by atoms with Crippen LogP contribution in [0.2, 0.25) is 0 Å². The quantitative estimate of drug-likeness (QED) is 0.879. The fourth-order valence-electron chi connectivity index (χ4n) is 2.48. The van der Waals surface area contributed by atoms with E-state index in [1.165, 1.54) is 6.07 Å². The van der Waals surface area contributed by atoms with Gasteiger partial charge in [0.2, 0.25) is 5.91 Å². The van der Waals surface area contributed by atoms with Crippen molar-refractivity contribution in [3.05, 3.63) is 59.4 Å². The highest BCUT2D eigenvalue weighted by Crippen LogP contribution is 2.32. The molecule has 1 aliphatic rings. The molecule has 1 heterocycles. The normalized spacial score (nSPS) is 16.4. The summed E-state index contributed by atoms with van der Waals surface area (Å²) in [6.07, 6.45) is 0. The summed E-state index contributed by atoms with van der Waals surface area (Å²) < 4.78 is 13.5. The highest BCUT2D eigenvalue weighted by Gasteiger charge is 2.28. The molecule has 0 saturated heterocycles. The molecule has 1 amide bonds. The van der Waals surface area contributed by atoms with Gasteiger partial charge in [-0.3, -0.25) is 4.79 Å². The molecule has 2 aromatic rings. The minimum Gasteiger partial charge on any atom is -0.384 e. The first-order valence-electron chi connectivity index (χ1n) is 6.55. The zero-order chi connectivity index (χ0) is 14.1. The molecule has 20 heavy (non-hydrogen) atoms. The van der Waals surface area contributed by atoms with Crippen LogP contribution >= 0.6 is 0 Å². The average molecular weight is 270 g/mol. The Labute approximate surface area is 116 Å². The maximum atomic E-state index is 13.5.